The number of rotatable bonds is 7. The molecule has 8 heteroatoms. The Balaban J connectivity index is 2.21. The highest BCUT2D eigenvalue weighted by atomic mass is 32.2. The number of ether oxygens (including phenoxy) is 2. The topological polar surface area (TPSA) is 93.7 Å². The zero-order chi connectivity index (χ0) is 19.3. The first-order valence-corrected chi connectivity index (χ1v) is 9.59. The largest absolute Gasteiger partial charge is 0.497 e. The third-order valence-electron chi connectivity index (χ3n) is 3.78. The Hall–Kier alpha value is -2.74. The number of amides is 1. The van der Waals surface area contributed by atoms with Crippen molar-refractivity contribution in [3.8, 4) is 11.5 Å². The second-order valence-corrected chi connectivity index (χ2v) is 7.57. The van der Waals surface area contributed by atoms with Gasteiger partial charge in [0.2, 0.25) is 10.0 Å². The van der Waals surface area contributed by atoms with Crippen LogP contribution in [-0.4, -0.2) is 34.3 Å². The molecule has 26 heavy (non-hydrogen) atoms. The molecule has 0 unspecified atom stereocenters. The lowest BCUT2D eigenvalue weighted by atomic mass is 10.1. The summed E-state index contributed by atoms with van der Waals surface area (Å²) >= 11 is 0. The van der Waals surface area contributed by atoms with E-state index >= 15 is 0 Å². The molecule has 0 fully saturated rings. The van der Waals surface area contributed by atoms with Gasteiger partial charge in [-0.05, 0) is 49.7 Å². The Morgan fingerprint density at radius 1 is 1.08 bits per heavy atom. The highest BCUT2D eigenvalue weighted by Gasteiger charge is 2.15. The zero-order valence-electron chi connectivity index (χ0n) is 15.1. The molecule has 1 amide bonds. The van der Waals surface area contributed by atoms with Crippen LogP contribution in [0.15, 0.2) is 36.4 Å². The van der Waals surface area contributed by atoms with E-state index in [1.54, 1.807) is 50.2 Å². The van der Waals surface area contributed by atoms with E-state index in [0.29, 0.717) is 34.0 Å². The minimum atomic E-state index is -3.36. The Morgan fingerprint density at radius 2 is 1.81 bits per heavy atom. The molecule has 0 saturated heterocycles. The highest BCUT2D eigenvalue weighted by Crippen LogP contribution is 2.26. The van der Waals surface area contributed by atoms with Crippen LogP contribution in [0.1, 0.15) is 22.8 Å². The van der Waals surface area contributed by atoms with Crippen molar-refractivity contribution < 1.29 is 22.7 Å². The van der Waals surface area contributed by atoms with Gasteiger partial charge in [-0.1, -0.05) is 0 Å². The number of carbonyl (C=O) groups excluding carboxylic acids is 1. The van der Waals surface area contributed by atoms with Gasteiger partial charge in [0.05, 0.1) is 31.2 Å². The number of sulfonamides is 1. The third kappa shape index (κ3) is 4.66. The van der Waals surface area contributed by atoms with Crippen molar-refractivity contribution in [1.82, 2.24) is 0 Å². The van der Waals surface area contributed by atoms with Gasteiger partial charge in [0.25, 0.3) is 5.91 Å². The van der Waals surface area contributed by atoms with Gasteiger partial charge in [-0.15, -0.1) is 0 Å². The standard InChI is InChI=1S/C18H22N2O5S/c1-5-26(22,23)20-16-9-6-13(10-12(16)2)19-18(21)15-8-7-14(24-3)11-17(15)25-4/h6-11,20H,5H2,1-4H3,(H,19,21). The molecule has 2 N–H and O–H groups in total. The SMILES string of the molecule is CCS(=O)(=O)Nc1ccc(NC(=O)c2ccc(OC)cc2OC)cc1C. The van der Waals surface area contributed by atoms with Crippen LogP contribution in [0.25, 0.3) is 0 Å². The van der Waals surface area contributed by atoms with Crippen LogP contribution in [0.4, 0.5) is 11.4 Å². The second kappa shape index (κ2) is 8.09. The molecular weight excluding hydrogens is 356 g/mol. The number of carbonyl (C=O) groups is 1. The molecule has 0 radical (unpaired) electrons. The maximum atomic E-state index is 12.5. The summed E-state index contributed by atoms with van der Waals surface area (Å²) in [7, 11) is -0.345. The number of hydrogen-bond acceptors (Lipinski definition) is 5. The fraction of sp³-hybridized carbons (Fsp3) is 0.278. The van der Waals surface area contributed by atoms with Gasteiger partial charge in [-0.3, -0.25) is 9.52 Å². The average Bonchev–Trinajstić information content (AvgIpc) is 2.63. The number of nitrogens with one attached hydrogen (secondary N) is 2. The molecule has 0 spiro atoms. The quantitative estimate of drug-likeness (QED) is 0.772. The number of hydrogen-bond donors (Lipinski definition) is 2. The Kier molecular flexibility index (Phi) is 6.10. The van der Waals surface area contributed by atoms with Crippen molar-refractivity contribution in [1.29, 1.82) is 0 Å². The van der Waals surface area contributed by atoms with E-state index in [9.17, 15) is 13.2 Å². The van der Waals surface area contributed by atoms with E-state index in [-0.39, 0.29) is 11.7 Å². The number of benzene rings is 2. The first-order valence-electron chi connectivity index (χ1n) is 7.94. The summed E-state index contributed by atoms with van der Waals surface area (Å²) < 4.78 is 36.2. The molecular formula is C18H22N2O5S. The second-order valence-electron chi connectivity index (χ2n) is 5.56. The van der Waals surface area contributed by atoms with Crippen molar-refractivity contribution >= 4 is 27.3 Å². The fourth-order valence-corrected chi connectivity index (χ4v) is 2.99. The Morgan fingerprint density at radius 3 is 2.38 bits per heavy atom. The lowest BCUT2D eigenvalue weighted by Crippen LogP contribution is -2.16. The normalized spacial score (nSPS) is 10.9. The van der Waals surface area contributed by atoms with Gasteiger partial charge in [0.15, 0.2) is 0 Å². The number of aryl methyl sites for hydroxylation is 1. The van der Waals surface area contributed by atoms with E-state index in [1.807, 2.05) is 0 Å². The van der Waals surface area contributed by atoms with Crippen LogP contribution in [-0.2, 0) is 10.0 Å². The molecule has 2 aromatic carbocycles. The first-order chi connectivity index (χ1) is 12.3. The van der Waals surface area contributed by atoms with Crippen molar-refractivity contribution in [3.05, 3.63) is 47.5 Å². The predicted octanol–water partition coefficient (Wildman–Crippen LogP) is 3.03. The molecule has 140 valence electrons. The van der Waals surface area contributed by atoms with E-state index in [4.69, 9.17) is 9.47 Å². The molecule has 2 aromatic rings. The summed E-state index contributed by atoms with van der Waals surface area (Å²) in [5.41, 5.74) is 2.08. The minimum absolute atomic E-state index is 0.0117. The predicted molar refractivity (Wildman–Crippen MR) is 102 cm³/mol. The van der Waals surface area contributed by atoms with E-state index < -0.39 is 10.0 Å². The van der Waals surface area contributed by atoms with Crippen LogP contribution in [0.2, 0.25) is 0 Å². The summed E-state index contributed by atoms with van der Waals surface area (Å²) in [4.78, 5) is 12.5. The van der Waals surface area contributed by atoms with Crippen molar-refractivity contribution in [3.63, 3.8) is 0 Å². The van der Waals surface area contributed by atoms with E-state index in [1.165, 1.54) is 14.2 Å². The van der Waals surface area contributed by atoms with E-state index in [2.05, 4.69) is 10.0 Å². The average molecular weight is 378 g/mol. The van der Waals surface area contributed by atoms with Gasteiger partial charge in [0, 0.05) is 11.8 Å². The molecule has 0 aliphatic heterocycles. The lowest BCUT2D eigenvalue weighted by molar-refractivity contribution is 0.102. The van der Waals surface area contributed by atoms with Crippen LogP contribution in [0, 0.1) is 6.92 Å². The summed E-state index contributed by atoms with van der Waals surface area (Å²) in [5.74, 6) is 0.626. The van der Waals surface area contributed by atoms with Gasteiger partial charge in [-0.2, -0.15) is 0 Å². The number of methoxy groups -OCH3 is 2. The maximum absolute atomic E-state index is 12.5. The molecule has 0 aliphatic rings. The van der Waals surface area contributed by atoms with Crippen LogP contribution in [0.3, 0.4) is 0 Å². The summed E-state index contributed by atoms with van der Waals surface area (Å²) in [6.07, 6.45) is 0. The van der Waals surface area contributed by atoms with Gasteiger partial charge >= 0.3 is 0 Å². The fourth-order valence-electron chi connectivity index (χ4n) is 2.28. The summed E-state index contributed by atoms with van der Waals surface area (Å²) in [6.45, 7) is 3.33. The van der Waals surface area contributed by atoms with Gasteiger partial charge < -0.3 is 14.8 Å². The summed E-state index contributed by atoms with van der Waals surface area (Å²) in [6, 6.07) is 9.86. The molecule has 7 nitrogen and oxygen atoms in total. The number of anilines is 2. The van der Waals surface area contributed by atoms with Crippen molar-refractivity contribution in [2.45, 2.75) is 13.8 Å². The van der Waals surface area contributed by atoms with Crippen molar-refractivity contribution in [2.24, 2.45) is 0 Å². The van der Waals surface area contributed by atoms with Crippen LogP contribution in [0.5, 0.6) is 11.5 Å². The minimum Gasteiger partial charge on any atom is -0.497 e. The van der Waals surface area contributed by atoms with Crippen LogP contribution >= 0.6 is 0 Å². The molecule has 0 saturated carbocycles. The van der Waals surface area contributed by atoms with Gasteiger partial charge in [0.1, 0.15) is 11.5 Å². The molecule has 0 bridgehead atoms. The monoisotopic (exact) mass is 378 g/mol. The maximum Gasteiger partial charge on any atom is 0.259 e. The third-order valence-corrected chi connectivity index (χ3v) is 5.07. The first kappa shape index (κ1) is 19.6. The summed E-state index contributed by atoms with van der Waals surface area (Å²) in [5, 5.41) is 2.78. The molecule has 0 aliphatic carbocycles. The molecule has 0 aromatic heterocycles. The zero-order valence-corrected chi connectivity index (χ0v) is 15.9. The molecule has 2 rings (SSSR count). The highest BCUT2D eigenvalue weighted by molar-refractivity contribution is 7.92. The Labute approximate surface area is 153 Å². The smallest absolute Gasteiger partial charge is 0.259 e. The van der Waals surface area contributed by atoms with Crippen molar-refractivity contribution in [2.75, 3.05) is 30.0 Å². The molecule has 0 heterocycles. The van der Waals surface area contributed by atoms with Gasteiger partial charge in [-0.25, -0.2) is 8.42 Å². The van der Waals surface area contributed by atoms with Crippen LogP contribution < -0.4 is 19.5 Å². The van der Waals surface area contributed by atoms with E-state index in [0.717, 1.165) is 0 Å². The Bertz CT molecular complexity index is 910. The lowest BCUT2D eigenvalue weighted by Gasteiger charge is -2.13. The molecule has 0 atom stereocenters.